The number of anilines is 1. The highest BCUT2D eigenvalue weighted by Crippen LogP contribution is 2.26. The molecule has 0 unspecified atom stereocenters. The van der Waals surface area contributed by atoms with Crippen LogP contribution in [0.3, 0.4) is 0 Å². The highest BCUT2D eigenvalue weighted by Gasteiger charge is 2.21. The van der Waals surface area contributed by atoms with E-state index in [4.69, 9.17) is 10.7 Å². The number of nitrogens with two attached hydrogens (primary N) is 1. The van der Waals surface area contributed by atoms with Crippen molar-refractivity contribution in [3.05, 3.63) is 72.7 Å². The maximum Gasteiger partial charge on any atom is 0.0924 e. The van der Waals surface area contributed by atoms with Crippen LogP contribution < -0.4 is 5.73 Å². The fourth-order valence-corrected chi connectivity index (χ4v) is 3.99. The third kappa shape index (κ3) is 3.84. The van der Waals surface area contributed by atoms with Gasteiger partial charge in [-0.05, 0) is 42.7 Å². The Kier molecular flexibility index (Phi) is 4.69. The van der Waals surface area contributed by atoms with Crippen LogP contribution in [0.4, 0.5) is 5.69 Å². The van der Waals surface area contributed by atoms with Gasteiger partial charge < -0.3 is 5.73 Å². The van der Waals surface area contributed by atoms with Crippen LogP contribution in [0.25, 0.3) is 22.3 Å². The van der Waals surface area contributed by atoms with Gasteiger partial charge >= 0.3 is 0 Å². The van der Waals surface area contributed by atoms with Crippen molar-refractivity contribution in [1.29, 1.82) is 0 Å². The van der Waals surface area contributed by atoms with E-state index in [1.165, 1.54) is 5.56 Å². The summed E-state index contributed by atoms with van der Waals surface area (Å²) in [5.74, 6) is 0. The monoisotopic (exact) mass is 384 g/mol. The molecule has 0 spiro atoms. The Hall–Kier alpha value is -3.25. The molecule has 0 aliphatic carbocycles. The largest absolute Gasteiger partial charge is 0.399 e. The number of fused-ring (bicyclic) bond motifs is 1. The van der Waals surface area contributed by atoms with Crippen molar-refractivity contribution in [2.24, 2.45) is 0 Å². The summed E-state index contributed by atoms with van der Waals surface area (Å²) in [5, 5.41) is 4.63. The van der Waals surface area contributed by atoms with E-state index in [1.807, 2.05) is 48.8 Å². The molecule has 2 aromatic carbocycles. The summed E-state index contributed by atoms with van der Waals surface area (Å²) in [6, 6.07) is 16.6. The van der Waals surface area contributed by atoms with Crippen LogP contribution in [0.1, 0.15) is 24.4 Å². The molecule has 2 N–H and O–H groups in total. The first kappa shape index (κ1) is 17.8. The molecule has 6 heteroatoms. The van der Waals surface area contributed by atoms with Crippen molar-refractivity contribution in [3.63, 3.8) is 0 Å². The van der Waals surface area contributed by atoms with E-state index in [9.17, 15) is 0 Å². The number of rotatable bonds is 4. The molecule has 4 aromatic rings. The fourth-order valence-electron chi connectivity index (χ4n) is 3.99. The number of piperidine rings is 1. The molecule has 5 rings (SSSR count). The summed E-state index contributed by atoms with van der Waals surface area (Å²) < 4.78 is 2.10. The minimum atomic E-state index is 0.430. The lowest BCUT2D eigenvalue weighted by Crippen LogP contribution is -2.34. The van der Waals surface area contributed by atoms with E-state index >= 15 is 0 Å². The fraction of sp³-hybridized carbons (Fsp3) is 0.261. The number of nitrogen functional groups attached to an aromatic ring is 1. The second kappa shape index (κ2) is 7.64. The Morgan fingerprint density at radius 3 is 2.48 bits per heavy atom. The summed E-state index contributed by atoms with van der Waals surface area (Å²) in [5.41, 5.74) is 11.6. The van der Waals surface area contributed by atoms with Gasteiger partial charge in [-0.25, -0.2) is 4.98 Å². The van der Waals surface area contributed by atoms with Crippen LogP contribution in [0, 0.1) is 0 Å². The standard InChI is InChI=1S/C23H24N6/c24-19-7-5-17(6-8-19)15-28-11-9-20(10-12-28)29-16-18(13-26-29)23-14-25-21-3-1-2-4-22(21)27-23/h1-8,13-14,16,20H,9-12,15,24H2. The Labute approximate surface area is 170 Å². The van der Waals surface area contributed by atoms with E-state index < -0.39 is 0 Å². The molecule has 29 heavy (non-hydrogen) atoms. The summed E-state index contributed by atoms with van der Waals surface area (Å²) in [4.78, 5) is 11.8. The van der Waals surface area contributed by atoms with Crippen molar-refractivity contribution in [3.8, 4) is 11.3 Å². The Balaban J connectivity index is 1.24. The molecule has 0 radical (unpaired) electrons. The Morgan fingerprint density at radius 2 is 1.69 bits per heavy atom. The van der Waals surface area contributed by atoms with Crippen LogP contribution >= 0.6 is 0 Å². The number of hydrogen-bond acceptors (Lipinski definition) is 5. The molecule has 0 atom stereocenters. The highest BCUT2D eigenvalue weighted by atomic mass is 15.3. The van der Waals surface area contributed by atoms with Gasteiger partial charge in [0.15, 0.2) is 0 Å². The van der Waals surface area contributed by atoms with Gasteiger partial charge in [0.2, 0.25) is 0 Å². The van der Waals surface area contributed by atoms with Crippen LogP contribution in [-0.4, -0.2) is 37.7 Å². The summed E-state index contributed by atoms with van der Waals surface area (Å²) >= 11 is 0. The zero-order valence-corrected chi connectivity index (χ0v) is 16.3. The predicted octanol–water partition coefficient (Wildman–Crippen LogP) is 3.91. The number of aromatic nitrogens is 4. The molecule has 1 aliphatic heterocycles. The van der Waals surface area contributed by atoms with Crippen LogP contribution in [0.5, 0.6) is 0 Å². The molecular weight excluding hydrogens is 360 g/mol. The second-order valence-electron chi connectivity index (χ2n) is 7.70. The predicted molar refractivity (Wildman–Crippen MR) is 115 cm³/mol. The third-order valence-electron chi connectivity index (χ3n) is 5.66. The van der Waals surface area contributed by atoms with Gasteiger partial charge in [0.05, 0.1) is 35.2 Å². The number of likely N-dealkylation sites (tertiary alicyclic amines) is 1. The molecule has 1 saturated heterocycles. The van der Waals surface area contributed by atoms with Gasteiger partial charge in [0, 0.05) is 37.1 Å². The van der Waals surface area contributed by atoms with Crippen molar-refractivity contribution in [2.75, 3.05) is 18.8 Å². The molecule has 3 heterocycles. The van der Waals surface area contributed by atoms with Gasteiger partial charge in [-0.2, -0.15) is 5.10 Å². The van der Waals surface area contributed by atoms with Gasteiger partial charge in [-0.15, -0.1) is 0 Å². The molecule has 0 amide bonds. The van der Waals surface area contributed by atoms with Gasteiger partial charge in [0.25, 0.3) is 0 Å². The quantitative estimate of drug-likeness (QED) is 0.540. The number of para-hydroxylation sites is 2. The molecule has 1 aliphatic rings. The normalized spacial score (nSPS) is 15.7. The average Bonchev–Trinajstić information content (AvgIpc) is 3.26. The molecule has 6 nitrogen and oxygen atoms in total. The van der Waals surface area contributed by atoms with Gasteiger partial charge in [0.1, 0.15) is 0 Å². The van der Waals surface area contributed by atoms with E-state index in [-0.39, 0.29) is 0 Å². The minimum Gasteiger partial charge on any atom is -0.399 e. The van der Waals surface area contributed by atoms with Gasteiger partial charge in [-0.1, -0.05) is 24.3 Å². The third-order valence-corrected chi connectivity index (χ3v) is 5.66. The van der Waals surface area contributed by atoms with E-state index in [2.05, 4.69) is 38.0 Å². The lowest BCUT2D eigenvalue weighted by atomic mass is 10.0. The van der Waals surface area contributed by atoms with Crippen molar-refractivity contribution in [2.45, 2.75) is 25.4 Å². The lowest BCUT2D eigenvalue weighted by Gasteiger charge is -2.32. The number of benzene rings is 2. The maximum atomic E-state index is 5.78. The van der Waals surface area contributed by atoms with Crippen molar-refractivity contribution in [1.82, 2.24) is 24.6 Å². The lowest BCUT2D eigenvalue weighted by molar-refractivity contribution is 0.173. The molecule has 146 valence electrons. The Bertz CT molecular complexity index is 1110. The Morgan fingerprint density at radius 1 is 0.931 bits per heavy atom. The summed E-state index contributed by atoms with van der Waals surface area (Å²) in [6.07, 6.45) is 8.04. The molecule has 1 fully saturated rings. The average molecular weight is 384 g/mol. The van der Waals surface area contributed by atoms with Crippen molar-refractivity contribution >= 4 is 16.7 Å². The zero-order valence-electron chi connectivity index (χ0n) is 16.3. The maximum absolute atomic E-state index is 5.78. The van der Waals surface area contributed by atoms with Crippen LogP contribution in [-0.2, 0) is 6.54 Å². The first-order chi connectivity index (χ1) is 14.2. The SMILES string of the molecule is Nc1ccc(CN2CCC(n3cc(-c4cnc5ccccc5n4)cn3)CC2)cc1. The summed E-state index contributed by atoms with van der Waals surface area (Å²) in [7, 11) is 0. The van der Waals surface area contributed by atoms with E-state index in [0.717, 1.165) is 60.5 Å². The second-order valence-corrected chi connectivity index (χ2v) is 7.70. The smallest absolute Gasteiger partial charge is 0.0924 e. The summed E-state index contributed by atoms with van der Waals surface area (Å²) in [6.45, 7) is 3.12. The minimum absolute atomic E-state index is 0.430. The number of nitrogens with zero attached hydrogens (tertiary/aromatic N) is 5. The number of hydrogen-bond donors (Lipinski definition) is 1. The van der Waals surface area contributed by atoms with E-state index in [1.54, 1.807) is 0 Å². The van der Waals surface area contributed by atoms with Crippen LogP contribution in [0.2, 0.25) is 0 Å². The topological polar surface area (TPSA) is 72.9 Å². The van der Waals surface area contributed by atoms with E-state index in [0.29, 0.717) is 6.04 Å². The first-order valence-electron chi connectivity index (χ1n) is 10.1. The molecule has 2 aromatic heterocycles. The van der Waals surface area contributed by atoms with Crippen molar-refractivity contribution < 1.29 is 0 Å². The molecular formula is C23H24N6. The first-order valence-corrected chi connectivity index (χ1v) is 10.1. The van der Waals surface area contributed by atoms with Gasteiger partial charge in [-0.3, -0.25) is 14.6 Å². The highest BCUT2D eigenvalue weighted by molar-refractivity contribution is 5.76. The molecule has 0 saturated carbocycles. The van der Waals surface area contributed by atoms with Crippen LogP contribution in [0.15, 0.2) is 67.1 Å². The molecule has 0 bridgehead atoms. The zero-order chi connectivity index (χ0) is 19.6.